The maximum atomic E-state index is 10.8. The summed E-state index contributed by atoms with van der Waals surface area (Å²) in [5, 5.41) is 17.1. The van der Waals surface area contributed by atoms with Crippen LogP contribution in [0.5, 0.6) is 0 Å². The average Bonchev–Trinajstić information content (AvgIpc) is 2.76. The lowest BCUT2D eigenvalue weighted by molar-refractivity contribution is -0.384. The number of hydrogen-bond donors (Lipinski definition) is 2. The first kappa shape index (κ1) is 12.4. The van der Waals surface area contributed by atoms with Gasteiger partial charge in [-0.1, -0.05) is 23.9 Å². The third-order valence-electron chi connectivity index (χ3n) is 2.26. The highest BCUT2D eigenvalue weighted by molar-refractivity contribution is 7.99. The molecule has 0 unspecified atom stereocenters. The van der Waals surface area contributed by atoms with Gasteiger partial charge in [-0.2, -0.15) is 0 Å². The van der Waals surface area contributed by atoms with Crippen LogP contribution in [0.25, 0.3) is 0 Å². The third kappa shape index (κ3) is 3.20. The van der Waals surface area contributed by atoms with Gasteiger partial charge in [-0.25, -0.2) is 9.89 Å². The van der Waals surface area contributed by atoms with Crippen LogP contribution in [0.2, 0.25) is 0 Å². The van der Waals surface area contributed by atoms with E-state index in [0.717, 1.165) is 17.7 Å². The van der Waals surface area contributed by atoms with Crippen molar-refractivity contribution in [2.24, 2.45) is 0 Å². The molecule has 0 aliphatic heterocycles. The lowest BCUT2D eigenvalue weighted by Crippen LogP contribution is -2.00. The molecule has 94 valence electrons. The molecule has 0 aliphatic carbocycles. The quantitative estimate of drug-likeness (QED) is 0.482. The number of non-ortho nitro benzene ring substituents is 1. The standard InChI is InChI=1S/C10H10N4O3S/c15-9-11-10(13-12-9)18-6-5-7-1-3-8(4-2-7)14(16)17/h1-4H,5-6H2,(H2,11,12,13,15). The Labute approximate surface area is 106 Å². The molecule has 0 atom stereocenters. The molecule has 2 aromatic rings. The van der Waals surface area contributed by atoms with E-state index in [1.165, 1.54) is 23.9 Å². The normalized spacial score (nSPS) is 10.4. The number of hydrogen-bond acceptors (Lipinski definition) is 5. The fraction of sp³-hybridized carbons (Fsp3) is 0.200. The van der Waals surface area contributed by atoms with Gasteiger partial charge in [-0.05, 0) is 12.0 Å². The average molecular weight is 266 g/mol. The van der Waals surface area contributed by atoms with Gasteiger partial charge < -0.3 is 0 Å². The number of rotatable bonds is 5. The molecular weight excluding hydrogens is 256 g/mol. The highest BCUT2D eigenvalue weighted by Crippen LogP contribution is 2.15. The number of nitro groups is 1. The largest absolute Gasteiger partial charge is 0.341 e. The second-order valence-corrected chi connectivity index (χ2v) is 4.59. The predicted octanol–water partition coefficient (Wildman–Crippen LogP) is 1.34. The van der Waals surface area contributed by atoms with Crippen LogP contribution in [0.4, 0.5) is 5.69 Å². The Morgan fingerprint density at radius 2 is 2.06 bits per heavy atom. The van der Waals surface area contributed by atoms with Crippen LogP contribution >= 0.6 is 11.8 Å². The van der Waals surface area contributed by atoms with Gasteiger partial charge in [0.1, 0.15) is 0 Å². The van der Waals surface area contributed by atoms with E-state index in [4.69, 9.17) is 0 Å². The van der Waals surface area contributed by atoms with Crippen LogP contribution in [-0.4, -0.2) is 25.9 Å². The van der Waals surface area contributed by atoms with Crippen molar-refractivity contribution < 1.29 is 4.92 Å². The molecule has 2 rings (SSSR count). The summed E-state index contributed by atoms with van der Waals surface area (Å²) in [6.45, 7) is 0. The van der Waals surface area contributed by atoms with E-state index >= 15 is 0 Å². The van der Waals surface area contributed by atoms with Crippen LogP contribution < -0.4 is 5.69 Å². The van der Waals surface area contributed by atoms with E-state index in [-0.39, 0.29) is 11.4 Å². The predicted molar refractivity (Wildman–Crippen MR) is 66.7 cm³/mol. The Morgan fingerprint density at radius 1 is 1.33 bits per heavy atom. The lowest BCUT2D eigenvalue weighted by atomic mass is 10.1. The van der Waals surface area contributed by atoms with Crippen molar-refractivity contribution in [2.75, 3.05) is 5.75 Å². The zero-order chi connectivity index (χ0) is 13.0. The molecule has 0 bridgehead atoms. The number of aromatic nitrogens is 3. The van der Waals surface area contributed by atoms with Crippen LogP contribution in [0.3, 0.4) is 0 Å². The van der Waals surface area contributed by atoms with Crippen LogP contribution in [0.1, 0.15) is 5.56 Å². The molecule has 2 N–H and O–H groups in total. The van der Waals surface area contributed by atoms with Gasteiger partial charge in [0.15, 0.2) is 5.16 Å². The molecule has 1 heterocycles. The third-order valence-corrected chi connectivity index (χ3v) is 3.13. The number of H-pyrrole nitrogens is 2. The first-order valence-electron chi connectivity index (χ1n) is 5.16. The van der Waals surface area contributed by atoms with E-state index in [1.54, 1.807) is 12.1 Å². The van der Waals surface area contributed by atoms with Crippen molar-refractivity contribution in [2.45, 2.75) is 11.6 Å². The summed E-state index contributed by atoms with van der Waals surface area (Å²) in [4.78, 5) is 23.4. The molecule has 0 fully saturated rings. The summed E-state index contributed by atoms with van der Waals surface area (Å²) in [5.41, 5.74) is 0.766. The Kier molecular flexibility index (Phi) is 3.78. The van der Waals surface area contributed by atoms with Crippen LogP contribution in [-0.2, 0) is 6.42 Å². The SMILES string of the molecule is O=c1[nH]nc(SCCc2ccc([N+](=O)[O-])cc2)[nH]1. The summed E-state index contributed by atoms with van der Waals surface area (Å²) >= 11 is 1.41. The van der Waals surface area contributed by atoms with Gasteiger partial charge in [0.25, 0.3) is 5.69 Å². The summed E-state index contributed by atoms with van der Waals surface area (Å²) in [6.07, 6.45) is 0.748. The minimum Gasteiger partial charge on any atom is -0.284 e. The minimum absolute atomic E-state index is 0.0861. The molecule has 0 saturated carbocycles. The first-order chi connectivity index (χ1) is 8.65. The summed E-state index contributed by atoms with van der Waals surface area (Å²) in [6, 6.07) is 6.42. The molecule has 0 spiro atoms. The molecule has 8 heteroatoms. The Bertz CT molecular complexity index is 590. The molecule has 1 aromatic carbocycles. The minimum atomic E-state index is -0.424. The van der Waals surface area contributed by atoms with Crippen molar-refractivity contribution in [3.05, 3.63) is 50.4 Å². The smallest absolute Gasteiger partial charge is 0.284 e. The number of aromatic amines is 2. The number of benzene rings is 1. The summed E-state index contributed by atoms with van der Waals surface area (Å²) in [7, 11) is 0. The van der Waals surface area contributed by atoms with Crippen molar-refractivity contribution in [1.29, 1.82) is 0 Å². The summed E-state index contributed by atoms with van der Waals surface area (Å²) in [5.74, 6) is 0.735. The van der Waals surface area contributed by atoms with E-state index in [1.807, 2.05) is 0 Å². The highest BCUT2D eigenvalue weighted by atomic mass is 32.2. The number of thioether (sulfide) groups is 1. The highest BCUT2D eigenvalue weighted by Gasteiger charge is 2.04. The van der Waals surface area contributed by atoms with Crippen LogP contribution in [0.15, 0.2) is 34.2 Å². The Morgan fingerprint density at radius 3 is 2.61 bits per heavy atom. The van der Waals surface area contributed by atoms with Gasteiger partial charge in [0.05, 0.1) is 4.92 Å². The van der Waals surface area contributed by atoms with Gasteiger partial charge in [0.2, 0.25) is 0 Å². The van der Waals surface area contributed by atoms with E-state index in [0.29, 0.717) is 5.16 Å². The fourth-order valence-corrected chi connectivity index (χ4v) is 2.18. The Balaban J connectivity index is 1.86. The van der Waals surface area contributed by atoms with Gasteiger partial charge >= 0.3 is 5.69 Å². The van der Waals surface area contributed by atoms with E-state index in [2.05, 4.69) is 15.2 Å². The lowest BCUT2D eigenvalue weighted by Gasteiger charge is -1.99. The van der Waals surface area contributed by atoms with Gasteiger partial charge in [-0.15, -0.1) is 5.10 Å². The van der Waals surface area contributed by atoms with Crippen molar-refractivity contribution >= 4 is 17.4 Å². The summed E-state index contributed by atoms with van der Waals surface area (Å²) < 4.78 is 0. The molecule has 0 saturated heterocycles. The van der Waals surface area contributed by atoms with Crippen LogP contribution in [0, 0.1) is 10.1 Å². The monoisotopic (exact) mass is 266 g/mol. The molecule has 0 amide bonds. The molecule has 1 aromatic heterocycles. The van der Waals surface area contributed by atoms with Crippen molar-refractivity contribution in [1.82, 2.24) is 15.2 Å². The zero-order valence-electron chi connectivity index (χ0n) is 9.25. The second-order valence-electron chi connectivity index (χ2n) is 3.50. The van der Waals surface area contributed by atoms with E-state index < -0.39 is 4.92 Å². The molecule has 7 nitrogen and oxygen atoms in total. The maximum Gasteiger partial charge on any atom is 0.341 e. The number of nitrogens with one attached hydrogen (secondary N) is 2. The first-order valence-corrected chi connectivity index (χ1v) is 6.14. The van der Waals surface area contributed by atoms with Crippen molar-refractivity contribution in [3.8, 4) is 0 Å². The van der Waals surface area contributed by atoms with E-state index in [9.17, 15) is 14.9 Å². The number of nitro benzene ring substituents is 1. The maximum absolute atomic E-state index is 10.8. The number of nitrogens with zero attached hydrogens (tertiary/aromatic N) is 2. The second kappa shape index (κ2) is 5.50. The zero-order valence-corrected chi connectivity index (χ0v) is 10.1. The fourth-order valence-electron chi connectivity index (χ4n) is 1.37. The van der Waals surface area contributed by atoms with Crippen molar-refractivity contribution in [3.63, 3.8) is 0 Å². The van der Waals surface area contributed by atoms with Gasteiger partial charge in [0, 0.05) is 17.9 Å². The number of aryl methyl sites for hydroxylation is 1. The Hall–Kier alpha value is -2.09. The van der Waals surface area contributed by atoms with Gasteiger partial charge in [-0.3, -0.25) is 15.1 Å². The molecule has 0 radical (unpaired) electrons. The molecular formula is C10H10N4O3S. The molecule has 0 aliphatic rings. The molecule has 18 heavy (non-hydrogen) atoms. The topological polar surface area (TPSA) is 105 Å².